The smallest absolute Gasteiger partial charge is 0.211 e. The Morgan fingerprint density at radius 2 is 1.97 bits per heavy atom. The Hall–Kier alpha value is -2.27. The molecule has 1 aliphatic carbocycles. The Labute approximate surface area is 213 Å². The lowest BCUT2D eigenvalue weighted by Crippen LogP contribution is -2.39. The quantitative estimate of drug-likeness (QED) is 0.407. The second-order valence-corrected chi connectivity index (χ2v) is 11.8. The summed E-state index contributed by atoms with van der Waals surface area (Å²) in [5, 5.41) is 9.52. The van der Waals surface area contributed by atoms with Crippen molar-refractivity contribution in [2.45, 2.75) is 50.3 Å². The van der Waals surface area contributed by atoms with Crippen molar-refractivity contribution < 1.29 is 27.1 Å². The zero-order valence-corrected chi connectivity index (χ0v) is 22.0. The molecule has 0 saturated heterocycles. The van der Waals surface area contributed by atoms with Crippen molar-refractivity contribution in [3.8, 4) is 5.75 Å². The molecule has 1 aromatic heterocycles. The molecule has 0 unspecified atom stereocenters. The number of hydrogen-bond acceptors (Lipinski definition) is 6. The van der Waals surface area contributed by atoms with Gasteiger partial charge >= 0.3 is 0 Å². The molecule has 0 aliphatic heterocycles. The van der Waals surface area contributed by atoms with Crippen LogP contribution in [0, 0.1) is 5.82 Å². The minimum Gasteiger partial charge on any atom is -0.497 e. The largest absolute Gasteiger partial charge is 0.497 e. The third kappa shape index (κ3) is 5.77. The first kappa shape index (κ1) is 25.8. The van der Waals surface area contributed by atoms with Crippen LogP contribution in [0.3, 0.4) is 0 Å². The van der Waals surface area contributed by atoms with Gasteiger partial charge in [-0.15, -0.1) is 0 Å². The van der Waals surface area contributed by atoms with E-state index in [4.69, 9.17) is 9.15 Å². The van der Waals surface area contributed by atoms with Crippen LogP contribution in [0.1, 0.15) is 42.0 Å². The molecule has 1 aliphatic rings. The summed E-state index contributed by atoms with van der Waals surface area (Å²) in [7, 11) is -1.94. The number of methoxy groups -OCH3 is 1. The van der Waals surface area contributed by atoms with E-state index in [-0.39, 0.29) is 25.0 Å². The van der Waals surface area contributed by atoms with Crippen LogP contribution in [0.5, 0.6) is 5.75 Å². The average molecular weight is 567 g/mol. The van der Waals surface area contributed by atoms with Crippen LogP contribution in [0.15, 0.2) is 57.6 Å². The Morgan fingerprint density at radius 1 is 1.26 bits per heavy atom. The molecule has 2 aromatic carbocycles. The minimum atomic E-state index is -3.53. The maximum Gasteiger partial charge on any atom is 0.211 e. The first-order valence-corrected chi connectivity index (χ1v) is 13.9. The molecule has 3 aromatic rings. The van der Waals surface area contributed by atoms with Crippen LogP contribution in [0.4, 0.5) is 4.39 Å². The van der Waals surface area contributed by atoms with Crippen molar-refractivity contribution in [3.63, 3.8) is 0 Å². The number of nitrogens with zero attached hydrogens (tertiary/aromatic N) is 2. The summed E-state index contributed by atoms with van der Waals surface area (Å²) in [5.41, 5.74) is 1.55. The Morgan fingerprint density at radius 3 is 2.57 bits per heavy atom. The number of aliphatic hydroxyl groups excluding tert-OH is 1. The van der Waals surface area contributed by atoms with Crippen LogP contribution in [0.25, 0.3) is 0 Å². The van der Waals surface area contributed by atoms with Crippen molar-refractivity contribution in [2.75, 3.05) is 13.4 Å². The lowest BCUT2D eigenvalue weighted by atomic mass is 9.79. The molecule has 0 bridgehead atoms. The molecule has 0 amide bonds. The summed E-state index contributed by atoms with van der Waals surface area (Å²) in [5.74, 6) is 0.810. The van der Waals surface area contributed by atoms with Crippen LogP contribution >= 0.6 is 15.9 Å². The second-order valence-electron chi connectivity index (χ2n) is 9.06. The molecular formula is C25H28BrFN2O5S. The predicted octanol–water partition coefficient (Wildman–Crippen LogP) is 4.57. The lowest BCUT2D eigenvalue weighted by Gasteiger charge is -2.30. The summed E-state index contributed by atoms with van der Waals surface area (Å²) >= 11 is 3.25. The van der Waals surface area contributed by atoms with E-state index in [1.54, 1.807) is 19.2 Å². The Bertz CT molecular complexity index is 1280. The van der Waals surface area contributed by atoms with Gasteiger partial charge in [-0.3, -0.25) is 0 Å². The van der Waals surface area contributed by atoms with Crippen LogP contribution in [-0.4, -0.2) is 42.2 Å². The molecule has 188 valence electrons. The maximum absolute atomic E-state index is 13.8. The van der Waals surface area contributed by atoms with E-state index in [1.807, 2.05) is 24.3 Å². The maximum atomic E-state index is 13.8. The van der Waals surface area contributed by atoms with Crippen LogP contribution < -0.4 is 4.74 Å². The van der Waals surface area contributed by atoms with E-state index in [9.17, 15) is 17.9 Å². The topological polar surface area (TPSA) is 92.9 Å². The number of rotatable bonds is 9. The molecule has 2 atom stereocenters. The molecule has 7 nitrogen and oxygen atoms in total. The first-order valence-electron chi connectivity index (χ1n) is 11.2. The van der Waals surface area contributed by atoms with Crippen molar-refractivity contribution in [3.05, 3.63) is 81.7 Å². The molecular weight excluding hydrogens is 539 g/mol. The number of hydrogen-bond donors (Lipinski definition) is 1. The highest BCUT2D eigenvalue weighted by molar-refractivity contribution is 9.10. The third-order valence-electron chi connectivity index (χ3n) is 6.61. The number of benzene rings is 2. The molecule has 1 saturated carbocycles. The summed E-state index contributed by atoms with van der Waals surface area (Å²) in [6.45, 7) is -0.0167. The number of aliphatic hydroxyl groups is 1. The third-order valence-corrected chi connectivity index (χ3v) is 8.49. The average Bonchev–Trinajstić information content (AvgIpc) is 3.48. The van der Waals surface area contributed by atoms with Gasteiger partial charge in [0.2, 0.25) is 15.9 Å². The van der Waals surface area contributed by atoms with E-state index in [0.717, 1.165) is 11.1 Å². The molecule has 4 rings (SSSR count). The van der Waals surface area contributed by atoms with Gasteiger partial charge < -0.3 is 14.3 Å². The summed E-state index contributed by atoms with van der Waals surface area (Å²) in [4.78, 5) is 4.49. The van der Waals surface area contributed by atoms with Crippen molar-refractivity contribution in [1.29, 1.82) is 0 Å². The van der Waals surface area contributed by atoms with E-state index in [1.165, 1.54) is 22.9 Å². The zero-order valence-electron chi connectivity index (χ0n) is 19.6. The molecule has 1 heterocycles. The van der Waals surface area contributed by atoms with E-state index in [2.05, 4.69) is 20.9 Å². The lowest BCUT2D eigenvalue weighted by molar-refractivity contribution is 0.274. The van der Waals surface area contributed by atoms with Gasteiger partial charge in [-0.1, -0.05) is 18.2 Å². The SMILES string of the molecule is COc1ccc(CN([C@H]2CC[C@](Cc3ccc(F)c(Br)c3)(c3nc(CO)co3)C2)S(C)(=O)=O)cc1. The standard InChI is InChI=1S/C25H28BrFN2O5S/c1-33-21-6-3-17(4-7-21)14-29(35(2,31)32)20-9-10-25(13-20,24-28-19(15-30)16-34-24)12-18-5-8-23(27)22(26)11-18/h3-8,11,16,20,30H,9-10,12-15H2,1-2H3/t20-,25+/m0/s1. The fourth-order valence-corrected chi connectivity index (χ4v) is 6.40. The van der Waals surface area contributed by atoms with Gasteiger partial charge in [-0.25, -0.2) is 17.8 Å². The van der Waals surface area contributed by atoms with Gasteiger partial charge in [-0.05, 0) is 77.0 Å². The summed E-state index contributed by atoms with van der Waals surface area (Å²) in [6.07, 6.45) is 4.87. The van der Waals surface area contributed by atoms with E-state index in [0.29, 0.717) is 47.5 Å². The number of sulfonamides is 1. The van der Waals surface area contributed by atoms with Crippen LogP contribution in [-0.2, 0) is 35.0 Å². The minimum absolute atomic E-state index is 0.235. The van der Waals surface area contributed by atoms with Gasteiger partial charge in [0, 0.05) is 12.6 Å². The van der Waals surface area contributed by atoms with Gasteiger partial charge in [0.05, 0.1) is 29.9 Å². The fourth-order valence-electron chi connectivity index (χ4n) is 4.87. The summed E-state index contributed by atoms with van der Waals surface area (Å²) < 4.78 is 52.5. The number of oxazole rings is 1. The molecule has 35 heavy (non-hydrogen) atoms. The highest BCUT2D eigenvalue weighted by atomic mass is 79.9. The van der Waals surface area contributed by atoms with Crippen molar-refractivity contribution >= 4 is 26.0 Å². The van der Waals surface area contributed by atoms with Gasteiger partial charge in [-0.2, -0.15) is 4.31 Å². The highest BCUT2D eigenvalue weighted by Gasteiger charge is 2.47. The molecule has 10 heteroatoms. The Kier molecular flexibility index (Phi) is 7.65. The zero-order chi connectivity index (χ0) is 25.2. The first-order chi connectivity index (χ1) is 16.6. The monoisotopic (exact) mass is 566 g/mol. The molecule has 0 spiro atoms. The second kappa shape index (κ2) is 10.4. The predicted molar refractivity (Wildman–Crippen MR) is 133 cm³/mol. The highest BCUT2D eigenvalue weighted by Crippen LogP contribution is 2.46. The Balaban J connectivity index is 1.66. The summed E-state index contributed by atoms with van der Waals surface area (Å²) in [6, 6.07) is 11.9. The van der Waals surface area contributed by atoms with Gasteiger partial charge in [0.15, 0.2) is 0 Å². The van der Waals surface area contributed by atoms with Gasteiger partial charge in [0.1, 0.15) is 23.5 Å². The number of ether oxygens (including phenoxy) is 1. The fraction of sp³-hybridized carbons (Fsp3) is 0.400. The van der Waals surface area contributed by atoms with Crippen molar-refractivity contribution in [2.24, 2.45) is 0 Å². The van der Waals surface area contributed by atoms with E-state index < -0.39 is 15.4 Å². The van der Waals surface area contributed by atoms with Gasteiger partial charge in [0.25, 0.3) is 0 Å². The van der Waals surface area contributed by atoms with Crippen molar-refractivity contribution in [1.82, 2.24) is 9.29 Å². The number of halogens is 2. The molecule has 0 radical (unpaired) electrons. The van der Waals surface area contributed by atoms with E-state index >= 15 is 0 Å². The normalized spacial score (nSPS) is 20.5. The molecule has 1 fully saturated rings. The number of aromatic nitrogens is 1. The van der Waals surface area contributed by atoms with Crippen LogP contribution in [0.2, 0.25) is 0 Å². The molecule has 1 N–H and O–H groups in total.